The van der Waals surface area contributed by atoms with E-state index in [1.807, 2.05) is 0 Å². The number of ether oxygens (including phenoxy) is 1. The maximum Gasteiger partial charge on any atom is 0.118 e. The van der Waals surface area contributed by atoms with Gasteiger partial charge in [0.2, 0.25) is 0 Å². The van der Waals surface area contributed by atoms with Gasteiger partial charge in [-0.15, -0.1) is 0 Å². The van der Waals surface area contributed by atoms with Gasteiger partial charge in [0.15, 0.2) is 0 Å². The normalized spacial score (nSPS) is 21.7. The molecule has 2 aliphatic heterocycles. The number of nitrogens with zero attached hydrogens (tertiary/aromatic N) is 3. The van der Waals surface area contributed by atoms with Gasteiger partial charge in [0.25, 0.3) is 0 Å². The second-order valence-corrected chi connectivity index (χ2v) is 12.2. The molecule has 5 rings (SSSR count). The van der Waals surface area contributed by atoms with Crippen LogP contribution in [0, 0.1) is 17.8 Å². The van der Waals surface area contributed by atoms with E-state index in [2.05, 4.69) is 61.8 Å². The van der Waals surface area contributed by atoms with E-state index in [9.17, 15) is 0 Å². The number of pyridine rings is 1. The van der Waals surface area contributed by atoms with Crippen molar-refractivity contribution in [2.24, 2.45) is 10.8 Å². The van der Waals surface area contributed by atoms with E-state index in [0.29, 0.717) is 10.8 Å². The number of piperidine rings is 2. The van der Waals surface area contributed by atoms with Crippen molar-refractivity contribution in [2.45, 2.75) is 85.6 Å². The van der Waals surface area contributed by atoms with Crippen molar-refractivity contribution in [1.82, 2.24) is 9.88 Å². The first kappa shape index (κ1) is 24.6. The number of aryl methyl sites for hydroxylation is 1. The fourth-order valence-electron chi connectivity index (χ4n) is 6.64. The lowest BCUT2D eigenvalue weighted by Crippen LogP contribution is -2.43. The predicted molar refractivity (Wildman–Crippen MR) is 146 cm³/mol. The molecule has 1 aromatic heterocycles. The van der Waals surface area contributed by atoms with Crippen molar-refractivity contribution in [1.29, 1.82) is 0 Å². The van der Waals surface area contributed by atoms with Gasteiger partial charge in [-0.25, -0.2) is 0 Å². The molecule has 1 spiro atoms. The highest BCUT2D eigenvalue weighted by Crippen LogP contribution is 2.49. The molecule has 0 radical (unpaired) electrons. The molecule has 4 heteroatoms. The molecule has 1 saturated carbocycles. The van der Waals surface area contributed by atoms with Crippen LogP contribution in [0.25, 0.3) is 11.1 Å². The second kappa shape index (κ2) is 9.76. The summed E-state index contributed by atoms with van der Waals surface area (Å²) in [5, 5.41) is 0. The molecule has 0 bridgehead atoms. The van der Waals surface area contributed by atoms with Crippen molar-refractivity contribution in [3.63, 3.8) is 0 Å². The first-order valence-electron chi connectivity index (χ1n) is 14.0. The van der Waals surface area contributed by atoms with E-state index in [-0.39, 0.29) is 0 Å². The van der Waals surface area contributed by atoms with Gasteiger partial charge in [-0.1, -0.05) is 39.3 Å². The Hall–Kier alpha value is -2.07. The Morgan fingerprint density at radius 1 is 0.914 bits per heavy atom. The smallest absolute Gasteiger partial charge is 0.118 e. The molecule has 3 fully saturated rings. The zero-order valence-electron chi connectivity index (χ0n) is 22.8. The fourth-order valence-corrected chi connectivity index (χ4v) is 6.64. The minimum atomic E-state index is 0.430. The molecule has 3 heterocycles. The summed E-state index contributed by atoms with van der Waals surface area (Å²) < 4.78 is 5.49. The van der Waals surface area contributed by atoms with E-state index >= 15 is 0 Å². The van der Waals surface area contributed by atoms with Crippen LogP contribution in [0.3, 0.4) is 0 Å². The van der Waals surface area contributed by atoms with Crippen LogP contribution in [0.4, 0.5) is 5.69 Å². The molecule has 35 heavy (non-hydrogen) atoms. The summed E-state index contributed by atoms with van der Waals surface area (Å²) in [5.74, 6) is 0.911. The maximum absolute atomic E-state index is 5.49. The predicted octanol–water partition coefficient (Wildman–Crippen LogP) is 7.02. The van der Waals surface area contributed by atoms with Crippen LogP contribution in [-0.4, -0.2) is 43.2 Å². The monoisotopic (exact) mass is 475 g/mol. The Kier molecular flexibility index (Phi) is 6.87. The van der Waals surface area contributed by atoms with Gasteiger partial charge < -0.3 is 9.64 Å². The number of hydrogen-bond acceptors (Lipinski definition) is 4. The Morgan fingerprint density at radius 3 is 2.11 bits per heavy atom. The molecule has 2 saturated heterocycles. The third-order valence-corrected chi connectivity index (χ3v) is 9.42. The van der Waals surface area contributed by atoms with Gasteiger partial charge in [-0.05, 0) is 99.0 Å². The first-order valence-corrected chi connectivity index (χ1v) is 14.0. The number of likely N-dealkylation sites (tertiary alicyclic amines) is 1. The largest absolute Gasteiger partial charge is 0.497 e. The molecule has 4 nitrogen and oxygen atoms in total. The number of benzene rings is 1. The molecule has 0 amide bonds. The fraction of sp³-hybridized carbons (Fsp3) is 0.645. The number of rotatable bonds is 6. The zero-order valence-corrected chi connectivity index (χ0v) is 22.8. The van der Waals surface area contributed by atoms with Crippen molar-refractivity contribution < 1.29 is 4.74 Å². The summed E-state index contributed by atoms with van der Waals surface area (Å²) in [7, 11) is 1.75. The molecule has 0 atom stereocenters. The zero-order chi connectivity index (χ0) is 24.6. The molecule has 2 aromatic rings. The number of aromatic nitrogens is 1. The number of anilines is 1. The van der Waals surface area contributed by atoms with E-state index in [1.54, 1.807) is 7.11 Å². The summed E-state index contributed by atoms with van der Waals surface area (Å²) in [4.78, 5) is 10.7. The highest BCUT2D eigenvalue weighted by Gasteiger charge is 2.39. The van der Waals surface area contributed by atoms with E-state index in [4.69, 9.17) is 9.72 Å². The minimum Gasteiger partial charge on any atom is -0.497 e. The van der Waals surface area contributed by atoms with Crippen LogP contribution in [0.2, 0.25) is 0 Å². The summed E-state index contributed by atoms with van der Waals surface area (Å²) >= 11 is 0. The Bertz CT molecular complexity index is 1020. The molecule has 0 N–H and O–H groups in total. The van der Waals surface area contributed by atoms with Crippen LogP contribution in [0.1, 0.15) is 82.7 Å². The number of methoxy groups -OCH3 is 1. The average Bonchev–Trinajstić information content (AvgIpc) is 2.83. The van der Waals surface area contributed by atoms with Gasteiger partial charge in [0.05, 0.1) is 18.5 Å². The van der Waals surface area contributed by atoms with Gasteiger partial charge in [0, 0.05) is 30.9 Å². The maximum atomic E-state index is 5.49. The topological polar surface area (TPSA) is 28.6 Å². The third kappa shape index (κ3) is 4.96. The average molecular weight is 476 g/mol. The molecular weight excluding hydrogens is 430 g/mol. The molecule has 190 valence electrons. The van der Waals surface area contributed by atoms with Crippen molar-refractivity contribution >= 4 is 5.69 Å². The lowest BCUT2D eigenvalue weighted by atomic mass is 9.63. The van der Waals surface area contributed by atoms with Crippen molar-refractivity contribution in [3.05, 3.63) is 41.2 Å². The lowest BCUT2D eigenvalue weighted by Gasteiger charge is -2.48. The van der Waals surface area contributed by atoms with Crippen LogP contribution in [-0.2, 0) is 13.0 Å². The first-order chi connectivity index (χ1) is 16.8. The van der Waals surface area contributed by atoms with Crippen molar-refractivity contribution in [3.8, 4) is 16.9 Å². The molecule has 0 unspecified atom stereocenters. The van der Waals surface area contributed by atoms with Gasteiger partial charge in [0.1, 0.15) is 5.75 Å². The molecule has 1 aliphatic carbocycles. The van der Waals surface area contributed by atoms with Crippen molar-refractivity contribution in [2.75, 3.05) is 38.2 Å². The van der Waals surface area contributed by atoms with Gasteiger partial charge in [-0.2, -0.15) is 0 Å². The quantitative estimate of drug-likeness (QED) is 0.449. The second-order valence-electron chi connectivity index (χ2n) is 12.2. The molecule has 3 aliphatic rings. The van der Waals surface area contributed by atoms with Crippen LogP contribution >= 0.6 is 0 Å². The summed E-state index contributed by atoms with van der Waals surface area (Å²) in [6.45, 7) is 15.0. The van der Waals surface area contributed by atoms with Crippen LogP contribution < -0.4 is 9.64 Å². The minimum absolute atomic E-state index is 0.430. The van der Waals surface area contributed by atoms with E-state index in [0.717, 1.165) is 31.8 Å². The lowest BCUT2D eigenvalue weighted by molar-refractivity contribution is 0.0301. The van der Waals surface area contributed by atoms with Gasteiger partial charge in [-0.3, -0.25) is 9.88 Å². The SMILES string of the molecule is CCc1c(C)nc(CN2CCC3(CCC3)CC2)c(-c2ccc(OC)cc2)c1N1CCC(C)(C)CC1. The molecular formula is C31H45N3O. The highest BCUT2D eigenvalue weighted by atomic mass is 16.5. The van der Waals surface area contributed by atoms with E-state index in [1.165, 1.54) is 91.8 Å². The Labute approximate surface area is 213 Å². The third-order valence-electron chi connectivity index (χ3n) is 9.42. The highest BCUT2D eigenvalue weighted by molar-refractivity contribution is 5.84. The van der Waals surface area contributed by atoms with Gasteiger partial charge >= 0.3 is 0 Å². The Morgan fingerprint density at radius 2 is 1.57 bits per heavy atom. The van der Waals surface area contributed by atoms with Crippen LogP contribution in [0.5, 0.6) is 5.75 Å². The Balaban J connectivity index is 1.55. The molecule has 1 aromatic carbocycles. The summed E-state index contributed by atoms with van der Waals surface area (Å²) in [6.07, 6.45) is 10.6. The standard InChI is InChI=1S/C31H45N3O/c1-6-26-23(2)32-27(22-33-18-16-31(17-19-33)12-7-13-31)28(24-8-10-25(35-5)11-9-24)29(26)34-20-14-30(3,4)15-21-34/h8-11H,6-7,12-22H2,1-5H3. The van der Waals surface area contributed by atoms with E-state index < -0.39 is 0 Å². The summed E-state index contributed by atoms with van der Waals surface area (Å²) in [6, 6.07) is 8.69. The van der Waals surface area contributed by atoms with Crippen LogP contribution in [0.15, 0.2) is 24.3 Å². The number of hydrogen-bond donors (Lipinski definition) is 0. The summed E-state index contributed by atoms with van der Waals surface area (Å²) in [5.41, 5.74) is 9.08.